The van der Waals surface area contributed by atoms with Crippen LogP contribution in [0.2, 0.25) is 0 Å². The van der Waals surface area contributed by atoms with Gasteiger partial charge in [0.1, 0.15) is 0 Å². The van der Waals surface area contributed by atoms with Crippen LogP contribution in [0, 0.1) is 5.92 Å². The molecule has 1 amide bonds. The zero-order valence-corrected chi connectivity index (χ0v) is 8.61. The number of hydrogen-bond donors (Lipinski definition) is 1. The molecule has 0 aromatic heterocycles. The Labute approximate surface area is 88.6 Å². The molecule has 1 unspecified atom stereocenters. The fraction of sp³-hybridized carbons (Fsp3) is 0.636. The summed E-state index contributed by atoms with van der Waals surface area (Å²) in [6.45, 7) is 0.868. The van der Waals surface area contributed by atoms with Gasteiger partial charge in [0.25, 0.3) is 0 Å². The standard InChI is InChI=1S/C11H15NO3/c13-10(6-8-2-1-3-8)9-4-5-12(7-9)11(14)15/h6,9H,1-5,7H2,(H,14,15). The summed E-state index contributed by atoms with van der Waals surface area (Å²) in [4.78, 5) is 23.7. The second-order valence-electron chi connectivity index (χ2n) is 4.27. The number of likely N-dealkylation sites (tertiary alicyclic amines) is 1. The zero-order chi connectivity index (χ0) is 10.8. The molecule has 4 heteroatoms. The molecule has 0 spiro atoms. The Bertz CT molecular complexity index is 316. The summed E-state index contributed by atoms with van der Waals surface area (Å²) in [5.74, 6) is 0.0163. The van der Waals surface area contributed by atoms with E-state index in [0.717, 1.165) is 12.8 Å². The second kappa shape index (κ2) is 4.04. The van der Waals surface area contributed by atoms with Gasteiger partial charge in [0.05, 0.1) is 0 Å². The number of rotatable bonds is 2. The summed E-state index contributed by atoms with van der Waals surface area (Å²) in [6.07, 6.45) is 4.77. The Balaban J connectivity index is 1.90. The molecule has 1 heterocycles. The normalized spacial score (nSPS) is 24.9. The lowest BCUT2D eigenvalue weighted by Gasteiger charge is -2.16. The summed E-state index contributed by atoms with van der Waals surface area (Å²) >= 11 is 0. The molecule has 15 heavy (non-hydrogen) atoms. The van der Waals surface area contributed by atoms with Crippen LogP contribution in [-0.4, -0.2) is 35.0 Å². The predicted octanol–water partition coefficient (Wildman–Crippen LogP) is 1.67. The first-order chi connectivity index (χ1) is 7.16. The summed E-state index contributed by atoms with van der Waals surface area (Å²) in [5.41, 5.74) is 1.23. The van der Waals surface area contributed by atoms with Crippen LogP contribution in [0.5, 0.6) is 0 Å². The van der Waals surface area contributed by atoms with Crippen molar-refractivity contribution in [2.45, 2.75) is 25.7 Å². The van der Waals surface area contributed by atoms with Crippen LogP contribution in [-0.2, 0) is 4.79 Å². The van der Waals surface area contributed by atoms with Crippen molar-refractivity contribution in [3.63, 3.8) is 0 Å². The number of hydrogen-bond acceptors (Lipinski definition) is 2. The van der Waals surface area contributed by atoms with E-state index in [9.17, 15) is 9.59 Å². The molecule has 1 saturated carbocycles. The molecule has 1 aliphatic heterocycles. The number of carboxylic acid groups (broad SMARTS) is 1. The van der Waals surface area contributed by atoms with Crippen molar-refractivity contribution < 1.29 is 14.7 Å². The van der Waals surface area contributed by atoms with E-state index in [1.54, 1.807) is 6.08 Å². The molecule has 0 aromatic rings. The molecule has 1 atom stereocenters. The number of allylic oxidation sites excluding steroid dienone is 2. The molecule has 0 aromatic carbocycles. The van der Waals surface area contributed by atoms with Crippen molar-refractivity contribution in [3.05, 3.63) is 11.6 Å². The van der Waals surface area contributed by atoms with Crippen LogP contribution in [0.3, 0.4) is 0 Å². The van der Waals surface area contributed by atoms with E-state index in [0.29, 0.717) is 19.5 Å². The number of amides is 1. The van der Waals surface area contributed by atoms with Gasteiger partial charge in [-0.15, -0.1) is 0 Å². The van der Waals surface area contributed by atoms with Crippen molar-refractivity contribution in [2.24, 2.45) is 5.92 Å². The largest absolute Gasteiger partial charge is 0.465 e. The van der Waals surface area contributed by atoms with Gasteiger partial charge in [-0.3, -0.25) is 4.79 Å². The fourth-order valence-electron chi connectivity index (χ4n) is 2.01. The van der Waals surface area contributed by atoms with Crippen LogP contribution in [0.4, 0.5) is 4.79 Å². The first kappa shape index (κ1) is 10.2. The third-order valence-electron chi connectivity index (χ3n) is 3.20. The maximum absolute atomic E-state index is 11.7. The van der Waals surface area contributed by atoms with E-state index in [2.05, 4.69) is 0 Å². The highest BCUT2D eigenvalue weighted by Gasteiger charge is 2.30. The highest BCUT2D eigenvalue weighted by Crippen LogP contribution is 2.27. The highest BCUT2D eigenvalue weighted by molar-refractivity contribution is 5.93. The maximum Gasteiger partial charge on any atom is 0.407 e. The van der Waals surface area contributed by atoms with Crippen molar-refractivity contribution in [1.82, 2.24) is 4.90 Å². The molecule has 4 nitrogen and oxygen atoms in total. The van der Waals surface area contributed by atoms with Crippen LogP contribution in [0.1, 0.15) is 25.7 Å². The number of carbonyl (C=O) groups is 2. The molecule has 0 radical (unpaired) electrons. The van der Waals surface area contributed by atoms with Gasteiger partial charge in [-0.2, -0.15) is 0 Å². The fourth-order valence-corrected chi connectivity index (χ4v) is 2.01. The predicted molar refractivity (Wildman–Crippen MR) is 54.6 cm³/mol. The summed E-state index contributed by atoms with van der Waals surface area (Å²) in [7, 11) is 0. The van der Waals surface area contributed by atoms with E-state index in [1.165, 1.54) is 16.9 Å². The monoisotopic (exact) mass is 209 g/mol. The minimum absolute atomic E-state index is 0.103. The van der Waals surface area contributed by atoms with Crippen LogP contribution >= 0.6 is 0 Å². The van der Waals surface area contributed by atoms with E-state index >= 15 is 0 Å². The van der Waals surface area contributed by atoms with Crippen LogP contribution < -0.4 is 0 Å². The maximum atomic E-state index is 11.7. The SMILES string of the molecule is O=C(C=C1CCC1)C1CCN(C(=O)O)C1. The van der Waals surface area contributed by atoms with Crippen LogP contribution in [0.15, 0.2) is 11.6 Å². The Morgan fingerprint density at radius 1 is 1.40 bits per heavy atom. The first-order valence-corrected chi connectivity index (χ1v) is 5.38. The van der Waals surface area contributed by atoms with Crippen molar-refractivity contribution in [1.29, 1.82) is 0 Å². The van der Waals surface area contributed by atoms with Gasteiger partial charge >= 0.3 is 6.09 Å². The van der Waals surface area contributed by atoms with Gasteiger partial charge < -0.3 is 10.0 Å². The van der Waals surface area contributed by atoms with Gasteiger partial charge in [0, 0.05) is 19.0 Å². The van der Waals surface area contributed by atoms with Crippen molar-refractivity contribution in [3.8, 4) is 0 Å². The summed E-state index contributed by atoms with van der Waals surface area (Å²) in [5, 5.41) is 8.75. The lowest BCUT2D eigenvalue weighted by molar-refractivity contribution is -0.117. The van der Waals surface area contributed by atoms with E-state index in [-0.39, 0.29) is 11.7 Å². The van der Waals surface area contributed by atoms with Gasteiger partial charge in [-0.05, 0) is 31.8 Å². The molecule has 2 rings (SSSR count). The number of nitrogens with zero attached hydrogens (tertiary/aromatic N) is 1. The van der Waals surface area contributed by atoms with Gasteiger partial charge in [-0.25, -0.2) is 4.79 Å². The minimum atomic E-state index is -0.915. The Hall–Kier alpha value is -1.32. The molecular weight excluding hydrogens is 194 g/mol. The van der Waals surface area contributed by atoms with E-state index in [1.807, 2.05) is 0 Å². The average Bonchev–Trinajstić information content (AvgIpc) is 2.59. The molecule has 0 bridgehead atoms. The van der Waals surface area contributed by atoms with Crippen molar-refractivity contribution in [2.75, 3.05) is 13.1 Å². The molecule has 82 valence electrons. The van der Waals surface area contributed by atoms with E-state index < -0.39 is 6.09 Å². The number of ketones is 1. The summed E-state index contributed by atoms with van der Waals surface area (Å²) < 4.78 is 0. The Kier molecular flexibility index (Phi) is 2.75. The third-order valence-corrected chi connectivity index (χ3v) is 3.20. The van der Waals surface area contributed by atoms with Gasteiger partial charge in [0.2, 0.25) is 0 Å². The highest BCUT2D eigenvalue weighted by atomic mass is 16.4. The minimum Gasteiger partial charge on any atom is -0.465 e. The van der Waals surface area contributed by atoms with E-state index in [4.69, 9.17) is 5.11 Å². The second-order valence-corrected chi connectivity index (χ2v) is 4.27. The third kappa shape index (κ3) is 2.19. The Morgan fingerprint density at radius 2 is 2.13 bits per heavy atom. The van der Waals surface area contributed by atoms with Gasteiger partial charge in [-0.1, -0.05) is 5.57 Å². The van der Waals surface area contributed by atoms with Gasteiger partial charge in [0.15, 0.2) is 5.78 Å². The quantitative estimate of drug-likeness (QED) is 0.704. The topological polar surface area (TPSA) is 57.6 Å². The summed E-state index contributed by atoms with van der Waals surface area (Å²) in [6, 6.07) is 0. The average molecular weight is 209 g/mol. The van der Waals surface area contributed by atoms with Crippen LogP contribution in [0.25, 0.3) is 0 Å². The molecule has 1 aliphatic carbocycles. The molecular formula is C11H15NO3. The Morgan fingerprint density at radius 3 is 2.60 bits per heavy atom. The zero-order valence-electron chi connectivity index (χ0n) is 8.61. The van der Waals surface area contributed by atoms with Crippen molar-refractivity contribution >= 4 is 11.9 Å². The lowest BCUT2D eigenvalue weighted by atomic mass is 9.89. The smallest absolute Gasteiger partial charge is 0.407 e. The number of carbonyl (C=O) groups excluding carboxylic acids is 1. The lowest BCUT2D eigenvalue weighted by Crippen LogP contribution is -2.28. The molecule has 1 N–H and O–H groups in total. The first-order valence-electron chi connectivity index (χ1n) is 5.38. The molecule has 2 aliphatic rings. The molecule has 2 fully saturated rings. The molecule has 1 saturated heterocycles.